The molecule has 5 nitrogen and oxygen atoms in total. The summed E-state index contributed by atoms with van der Waals surface area (Å²) in [5.41, 5.74) is 0. The van der Waals surface area contributed by atoms with Crippen LogP contribution in [0.4, 0.5) is 0 Å². The van der Waals surface area contributed by atoms with Gasteiger partial charge in [-0.2, -0.15) is 0 Å². The van der Waals surface area contributed by atoms with Crippen molar-refractivity contribution in [1.29, 1.82) is 0 Å². The van der Waals surface area contributed by atoms with Gasteiger partial charge >= 0.3 is 5.97 Å². The molecule has 0 aliphatic carbocycles. The summed E-state index contributed by atoms with van der Waals surface area (Å²) in [5.74, 6) is -0.0776. The molecule has 3 atom stereocenters. The Morgan fingerprint density at radius 2 is 2.16 bits per heavy atom. The molecule has 0 saturated carbocycles. The first kappa shape index (κ1) is 14.3. The van der Waals surface area contributed by atoms with Gasteiger partial charge in [0.2, 0.25) is 5.91 Å². The van der Waals surface area contributed by atoms with Crippen LogP contribution in [0.5, 0.6) is 0 Å². The van der Waals surface area contributed by atoms with E-state index >= 15 is 0 Å². The van der Waals surface area contributed by atoms with Crippen LogP contribution in [-0.2, 0) is 9.59 Å². The zero-order valence-corrected chi connectivity index (χ0v) is 11.6. The standard InChI is InChI=1S/C14H24N2O3/c1-10-4-6-16(12(7-10)14(18)19)13(17)8-11-3-2-5-15-9-11/h10-12,15H,2-9H2,1H3,(H,18,19). The minimum Gasteiger partial charge on any atom is -0.480 e. The van der Waals surface area contributed by atoms with Crippen molar-refractivity contribution in [2.24, 2.45) is 11.8 Å². The van der Waals surface area contributed by atoms with E-state index in [0.717, 1.165) is 32.4 Å². The highest BCUT2D eigenvalue weighted by atomic mass is 16.4. The second kappa shape index (κ2) is 6.37. The van der Waals surface area contributed by atoms with Gasteiger partial charge in [0.05, 0.1) is 0 Å². The molecule has 0 aromatic heterocycles. The summed E-state index contributed by atoms with van der Waals surface area (Å²) >= 11 is 0. The molecule has 0 spiro atoms. The van der Waals surface area contributed by atoms with Gasteiger partial charge in [0.1, 0.15) is 6.04 Å². The number of aliphatic carboxylic acids is 1. The maximum Gasteiger partial charge on any atom is 0.326 e. The average molecular weight is 268 g/mol. The quantitative estimate of drug-likeness (QED) is 0.804. The van der Waals surface area contributed by atoms with E-state index in [1.54, 1.807) is 4.90 Å². The predicted molar refractivity (Wildman–Crippen MR) is 71.7 cm³/mol. The lowest BCUT2D eigenvalue weighted by molar-refractivity contribution is -0.153. The zero-order chi connectivity index (χ0) is 13.8. The van der Waals surface area contributed by atoms with Crippen LogP contribution in [0.1, 0.15) is 39.0 Å². The summed E-state index contributed by atoms with van der Waals surface area (Å²) in [6, 6.07) is -0.618. The Morgan fingerprint density at radius 1 is 1.37 bits per heavy atom. The number of nitrogens with zero attached hydrogens (tertiary/aromatic N) is 1. The zero-order valence-electron chi connectivity index (χ0n) is 11.6. The van der Waals surface area contributed by atoms with E-state index in [9.17, 15) is 14.7 Å². The third kappa shape index (κ3) is 3.69. The molecule has 2 saturated heterocycles. The summed E-state index contributed by atoms with van der Waals surface area (Å²) in [5, 5.41) is 12.6. The minimum absolute atomic E-state index is 0.0213. The SMILES string of the molecule is CC1CCN(C(=O)CC2CCCNC2)C(C(=O)O)C1. The van der Waals surface area contributed by atoms with Crippen molar-refractivity contribution in [2.45, 2.75) is 45.1 Å². The molecule has 0 aromatic carbocycles. The van der Waals surface area contributed by atoms with Crippen molar-refractivity contribution in [1.82, 2.24) is 10.2 Å². The normalized spacial score (nSPS) is 32.1. The van der Waals surface area contributed by atoms with Crippen LogP contribution in [0.3, 0.4) is 0 Å². The Hall–Kier alpha value is -1.10. The van der Waals surface area contributed by atoms with E-state index in [4.69, 9.17) is 0 Å². The van der Waals surface area contributed by atoms with E-state index in [1.807, 2.05) is 0 Å². The molecule has 2 fully saturated rings. The molecular weight excluding hydrogens is 244 g/mol. The fraction of sp³-hybridized carbons (Fsp3) is 0.857. The van der Waals surface area contributed by atoms with E-state index < -0.39 is 12.0 Å². The minimum atomic E-state index is -0.860. The number of nitrogens with one attached hydrogen (secondary N) is 1. The summed E-state index contributed by atoms with van der Waals surface area (Å²) in [6.07, 6.45) is 4.17. The number of carboxylic acid groups (broad SMARTS) is 1. The Kier molecular flexibility index (Phi) is 4.80. The molecule has 5 heteroatoms. The van der Waals surface area contributed by atoms with Crippen LogP contribution in [0, 0.1) is 11.8 Å². The fourth-order valence-electron chi connectivity index (χ4n) is 3.14. The Labute approximate surface area is 114 Å². The van der Waals surface area contributed by atoms with Crippen molar-refractivity contribution in [3.05, 3.63) is 0 Å². The summed E-state index contributed by atoms with van der Waals surface area (Å²) in [4.78, 5) is 25.2. The first-order valence-corrected chi connectivity index (χ1v) is 7.31. The number of carboxylic acids is 1. The Morgan fingerprint density at radius 3 is 2.79 bits per heavy atom. The number of rotatable bonds is 3. The van der Waals surface area contributed by atoms with Gasteiger partial charge in [-0.05, 0) is 50.6 Å². The van der Waals surface area contributed by atoms with Crippen LogP contribution >= 0.6 is 0 Å². The molecule has 1 amide bonds. The van der Waals surface area contributed by atoms with Crippen LogP contribution in [0.15, 0.2) is 0 Å². The molecule has 19 heavy (non-hydrogen) atoms. The molecule has 2 N–H and O–H groups in total. The van der Waals surface area contributed by atoms with Crippen LogP contribution in [0.25, 0.3) is 0 Å². The van der Waals surface area contributed by atoms with Crippen molar-refractivity contribution in [3.63, 3.8) is 0 Å². The number of piperidine rings is 2. The molecule has 2 heterocycles. The lowest BCUT2D eigenvalue weighted by Gasteiger charge is -2.37. The Balaban J connectivity index is 1.93. The molecule has 3 unspecified atom stereocenters. The van der Waals surface area contributed by atoms with Gasteiger partial charge in [-0.25, -0.2) is 4.79 Å². The molecule has 108 valence electrons. The number of hydrogen-bond donors (Lipinski definition) is 2. The van der Waals surface area contributed by atoms with Gasteiger partial charge in [0.15, 0.2) is 0 Å². The van der Waals surface area contributed by atoms with E-state index in [1.165, 1.54) is 0 Å². The lowest BCUT2D eigenvalue weighted by Crippen LogP contribution is -2.50. The molecule has 0 bridgehead atoms. The first-order valence-electron chi connectivity index (χ1n) is 7.31. The summed E-state index contributed by atoms with van der Waals surface area (Å²) in [7, 11) is 0. The maximum atomic E-state index is 12.3. The van der Waals surface area contributed by atoms with Crippen molar-refractivity contribution >= 4 is 11.9 Å². The highest BCUT2D eigenvalue weighted by Crippen LogP contribution is 2.25. The number of carbonyl (C=O) groups is 2. The largest absolute Gasteiger partial charge is 0.480 e. The maximum absolute atomic E-state index is 12.3. The highest BCUT2D eigenvalue weighted by Gasteiger charge is 2.35. The topological polar surface area (TPSA) is 69.6 Å². The van der Waals surface area contributed by atoms with Gasteiger partial charge in [-0.3, -0.25) is 4.79 Å². The molecule has 2 aliphatic heterocycles. The highest BCUT2D eigenvalue weighted by molar-refractivity contribution is 5.84. The first-order chi connectivity index (χ1) is 9.08. The average Bonchev–Trinajstić information content (AvgIpc) is 2.39. The Bertz CT molecular complexity index is 340. The van der Waals surface area contributed by atoms with Crippen LogP contribution < -0.4 is 5.32 Å². The van der Waals surface area contributed by atoms with Gasteiger partial charge in [0.25, 0.3) is 0 Å². The van der Waals surface area contributed by atoms with Gasteiger partial charge in [-0.1, -0.05) is 6.92 Å². The number of hydrogen-bond acceptors (Lipinski definition) is 3. The molecule has 0 radical (unpaired) electrons. The number of carbonyl (C=O) groups excluding carboxylic acids is 1. The third-order valence-corrected chi connectivity index (χ3v) is 4.33. The van der Waals surface area contributed by atoms with E-state index in [0.29, 0.717) is 31.2 Å². The third-order valence-electron chi connectivity index (χ3n) is 4.33. The van der Waals surface area contributed by atoms with Gasteiger partial charge in [-0.15, -0.1) is 0 Å². The summed E-state index contributed by atoms with van der Waals surface area (Å²) < 4.78 is 0. The number of amides is 1. The summed E-state index contributed by atoms with van der Waals surface area (Å²) in [6.45, 7) is 4.57. The van der Waals surface area contributed by atoms with E-state index in [-0.39, 0.29) is 5.91 Å². The number of likely N-dealkylation sites (tertiary alicyclic amines) is 1. The smallest absolute Gasteiger partial charge is 0.326 e. The van der Waals surface area contributed by atoms with E-state index in [2.05, 4.69) is 12.2 Å². The van der Waals surface area contributed by atoms with Crippen LogP contribution in [0.2, 0.25) is 0 Å². The van der Waals surface area contributed by atoms with Gasteiger partial charge < -0.3 is 15.3 Å². The monoisotopic (exact) mass is 268 g/mol. The molecule has 0 aromatic rings. The molecular formula is C14H24N2O3. The van der Waals surface area contributed by atoms with Gasteiger partial charge in [0, 0.05) is 13.0 Å². The second-order valence-corrected chi connectivity index (χ2v) is 5.99. The van der Waals surface area contributed by atoms with Crippen molar-refractivity contribution < 1.29 is 14.7 Å². The van der Waals surface area contributed by atoms with Crippen molar-refractivity contribution in [3.8, 4) is 0 Å². The fourth-order valence-corrected chi connectivity index (χ4v) is 3.14. The lowest BCUT2D eigenvalue weighted by atomic mass is 9.90. The predicted octanol–water partition coefficient (Wildman–Crippen LogP) is 1.09. The molecule has 2 rings (SSSR count). The van der Waals surface area contributed by atoms with Crippen LogP contribution in [-0.4, -0.2) is 47.6 Å². The van der Waals surface area contributed by atoms with Crippen molar-refractivity contribution in [2.75, 3.05) is 19.6 Å². The molecule has 2 aliphatic rings. The second-order valence-electron chi connectivity index (χ2n) is 5.99.